The fraction of sp³-hybridized carbons (Fsp3) is 0.182. The summed E-state index contributed by atoms with van der Waals surface area (Å²) < 4.78 is 42.9. The van der Waals surface area contributed by atoms with E-state index < -0.39 is 17.5 Å². The van der Waals surface area contributed by atoms with Crippen molar-refractivity contribution in [1.29, 1.82) is 0 Å². The van der Waals surface area contributed by atoms with Crippen molar-refractivity contribution in [3.63, 3.8) is 0 Å². The molecule has 0 spiro atoms. The van der Waals surface area contributed by atoms with Crippen LogP contribution in [0.25, 0.3) is 11.3 Å². The molecule has 3 aromatic rings. The second-order valence-corrected chi connectivity index (χ2v) is 6.81. The topological polar surface area (TPSA) is 38.1 Å². The maximum atomic E-state index is 14.2. The maximum absolute atomic E-state index is 14.2. The summed E-state index contributed by atoms with van der Waals surface area (Å²) in [5, 5.41) is 0. The largest absolute Gasteiger partial charge is 0.335 e. The number of imidazole rings is 1. The van der Waals surface area contributed by atoms with E-state index in [1.54, 1.807) is 11.2 Å². The van der Waals surface area contributed by atoms with Gasteiger partial charge in [0.2, 0.25) is 5.91 Å². The molecule has 0 unspecified atom stereocenters. The highest BCUT2D eigenvalue weighted by molar-refractivity contribution is 5.79. The minimum Gasteiger partial charge on any atom is -0.335 e. The third kappa shape index (κ3) is 3.61. The van der Waals surface area contributed by atoms with Crippen molar-refractivity contribution < 1.29 is 18.0 Å². The number of benzene rings is 2. The van der Waals surface area contributed by atoms with Gasteiger partial charge in [-0.25, -0.2) is 18.2 Å². The lowest BCUT2D eigenvalue weighted by molar-refractivity contribution is -0.131. The highest BCUT2D eigenvalue weighted by atomic mass is 19.1. The highest BCUT2D eigenvalue weighted by Crippen LogP contribution is 2.28. The fourth-order valence-corrected chi connectivity index (χ4v) is 3.45. The molecular formula is C22H16F3N3O. The van der Waals surface area contributed by atoms with Crippen molar-refractivity contribution in [2.24, 2.45) is 0 Å². The smallest absolute Gasteiger partial charge is 0.227 e. The molecule has 1 amide bonds. The molecule has 7 heteroatoms. The van der Waals surface area contributed by atoms with Crippen molar-refractivity contribution in [3.05, 3.63) is 77.0 Å². The quantitative estimate of drug-likeness (QED) is 0.637. The zero-order valence-electron chi connectivity index (χ0n) is 15.3. The zero-order chi connectivity index (χ0) is 20.5. The zero-order valence-corrected chi connectivity index (χ0v) is 15.3. The molecule has 2 heterocycles. The average molecular weight is 395 g/mol. The van der Waals surface area contributed by atoms with Gasteiger partial charge in [0.15, 0.2) is 0 Å². The van der Waals surface area contributed by atoms with Crippen LogP contribution in [0.3, 0.4) is 0 Å². The molecule has 0 atom stereocenters. The van der Waals surface area contributed by atoms with Crippen molar-refractivity contribution in [2.75, 3.05) is 6.54 Å². The molecule has 0 bridgehead atoms. The van der Waals surface area contributed by atoms with Gasteiger partial charge in [-0.05, 0) is 29.8 Å². The normalized spacial score (nSPS) is 13.1. The molecular weight excluding hydrogens is 379 g/mol. The third-order valence-corrected chi connectivity index (χ3v) is 4.98. The monoisotopic (exact) mass is 395 g/mol. The minimum atomic E-state index is -0.705. The summed E-state index contributed by atoms with van der Waals surface area (Å²) in [7, 11) is 0. The first-order valence-corrected chi connectivity index (χ1v) is 8.98. The van der Waals surface area contributed by atoms with E-state index >= 15 is 0 Å². The number of halogens is 3. The van der Waals surface area contributed by atoms with Crippen LogP contribution in [-0.4, -0.2) is 26.9 Å². The number of carbonyl (C=O) groups excluding carboxylic acids is 1. The minimum absolute atomic E-state index is 0.0728. The van der Waals surface area contributed by atoms with Crippen molar-refractivity contribution in [2.45, 2.75) is 19.5 Å². The van der Waals surface area contributed by atoms with Crippen LogP contribution >= 0.6 is 0 Å². The summed E-state index contributed by atoms with van der Waals surface area (Å²) >= 11 is 0. The molecule has 0 radical (unpaired) electrons. The van der Waals surface area contributed by atoms with Gasteiger partial charge < -0.3 is 9.47 Å². The molecule has 146 valence electrons. The number of amides is 1. The van der Waals surface area contributed by atoms with E-state index in [-0.39, 0.29) is 30.0 Å². The first-order chi connectivity index (χ1) is 14.0. The van der Waals surface area contributed by atoms with Gasteiger partial charge >= 0.3 is 0 Å². The van der Waals surface area contributed by atoms with Crippen LogP contribution in [0.4, 0.5) is 13.2 Å². The summed E-state index contributed by atoms with van der Waals surface area (Å²) in [5.74, 6) is 0.230. The van der Waals surface area contributed by atoms with Crippen LogP contribution < -0.4 is 0 Å². The lowest BCUT2D eigenvalue weighted by Crippen LogP contribution is -2.39. The molecule has 4 rings (SSSR count). The Hall–Kier alpha value is -3.53. The van der Waals surface area contributed by atoms with Gasteiger partial charge in [-0.3, -0.25) is 4.79 Å². The van der Waals surface area contributed by atoms with Gasteiger partial charge in [-0.2, -0.15) is 0 Å². The number of hydrogen-bond donors (Lipinski definition) is 0. The number of nitrogens with zero attached hydrogens (tertiary/aromatic N) is 3. The van der Waals surface area contributed by atoms with Crippen molar-refractivity contribution in [3.8, 4) is 23.6 Å². The molecule has 0 saturated carbocycles. The van der Waals surface area contributed by atoms with E-state index in [9.17, 15) is 18.0 Å². The number of terminal acetylenes is 1. The molecule has 29 heavy (non-hydrogen) atoms. The van der Waals surface area contributed by atoms with Gasteiger partial charge in [0.1, 0.15) is 17.5 Å². The Morgan fingerprint density at radius 1 is 1.10 bits per heavy atom. The van der Waals surface area contributed by atoms with E-state index in [0.29, 0.717) is 30.0 Å². The Balaban J connectivity index is 1.56. The van der Waals surface area contributed by atoms with E-state index in [1.165, 1.54) is 30.3 Å². The predicted octanol–water partition coefficient (Wildman–Crippen LogP) is 3.53. The van der Waals surface area contributed by atoms with Gasteiger partial charge in [-0.1, -0.05) is 12.0 Å². The molecule has 2 aromatic carbocycles. The fourth-order valence-electron chi connectivity index (χ4n) is 3.45. The second-order valence-electron chi connectivity index (χ2n) is 6.81. The number of fused-ring (bicyclic) bond motifs is 1. The molecule has 1 aliphatic rings. The molecule has 1 aliphatic heterocycles. The van der Waals surface area contributed by atoms with Crippen LogP contribution in [0.5, 0.6) is 0 Å². The van der Waals surface area contributed by atoms with Gasteiger partial charge in [0.25, 0.3) is 0 Å². The number of rotatable bonds is 3. The Morgan fingerprint density at radius 2 is 1.93 bits per heavy atom. The molecule has 0 N–H and O–H groups in total. The van der Waals surface area contributed by atoms with E-state index in [0.717, 1.165) is 6.07 Å². The number of carbonyl (C=O) groups is 1. The standard InChI is InChI=1S/C22H16F3N3O/c1-2-15-9-14(3-6-18(15)24)10-21(29)27-7-8-28-13-26-22(20(28)12-27)17-5-4-16(23)11-19(17)25/h1,3-6,9,11,13H,7-8,10,12H2. The number of aromatic nitrogens is 2. The Kier molecular flexibility index (Phi) is 4.85. The van der Waals surface area contributed by atoms with E-state index in [2.05, 4.69) is 10.9 Å². The molecule has 1 aromatic heterocycles. The van der Waals surface area contributed by atoms with Crippen LogP contribution in [0, 0.1) is 29.8 Å². The summed E-state index contributed by atoms with van der Waals surface area (Å²) in [6.07, 6.45) is 6.94. The molecule has 4 nitrogen and oxygen atoms in total. The van der Waals surface area contributed by atoms with Gasteiger partial charge in [0.05, 0.1) is 36.2 Å². The molecule has 0 aliphatic carbocycles. The van der Waals surface area contributed by atoms with E-state index in [1.807, 2.05) is 4.57 Å². The number of hydrogen-bond acceptors (Lipinski definition) is 2. The summed E-state index contributed by atoms with van der Waals surface area (Å²) in [5.41, 5.74) is 1.98. The summed E-state index contributed by atoms with van der Waals surface area (Å²) in [6, 6.07) is 7.59. The van der Waals surface area contributed by atoms with Crippen LogP contribution in [0.2, 0.25) is 0 Å². The van der Waals surface area contributed by atoms with E-state index in [4.69, 9.17) is 6.42 Å². The van der Waals surface area contributed by atoms with Gasteiger partial charge in [-0.15, -0.1) is 6.42 Å². The molecule has 0 fully saturated rings. The lowest BCUT2D eigenvalue weighted by Gasteiger charge is -2.29. The predicted molar refractivity (Wildman–Crippen MR) is 101 cm³/mol. The highest BCUT2D eigenvalue weighted by Gasteiger charge is 2.25. The Morgan fingerprint density at radius 3 is 2.69 bits per heavy atom. The first-order valence-electron chi connectivity index (χ1n) is 8.98. The Bertz CT molecular complexity index is 1150. The average Bonchev–Trinajstić information content (AvgIpc) is 3.12. The van der Waals surface area contributed by atoms with Crippen molar-refractivity contribution >= 4 is 5.91 Å². The third-order valence-electron chi connectivity index (χ3n) is 4.98. The maximum Gasteiger partial charge on any atom is 0.227 e. The Labute approximate surface area is 165 Å². The SMILES string of the molecule is C#Cc1cc(CC(=O)N2CCn3cnc(-c4ccc(F)cc4F)c3C2)ccc1F. The summed E-state index contributed by atoms with van der Waals surface area (Å²) in [4.78, 5) is 18.7. The lowest BCUT2D eigenvalue weighted by atomic mass is 10.1. The summed E-state index contributed by atoms with van der Waals surface area (Å²) in [6.45, 7) is 1.22. The van der Waals surface area contributed by atoms with Crippen LogP contribution in [0.15, 0.2) is 42.7 Å². The molecule has 0 saturated heterocycles. The van der Waals surface area contributed by atoms with Gasteiger partial charge in [0, 0.05) is 24.7 Å². The van der Waals surface area contributed by atoms with Crippen molar-refractivity contribution in [1.82, 2.24) is 14.5 Å². The first kappa shape index (κ1) is 18.8. The van der Waals surface area contributed by atoms with Crippen LogP contribution in [0.1, 0.15) is 16.8 Å². The second kappa shape index (κ2) is 7.47. The van der Waals surface area contributed by atoms with Crippen LogP contribution in [-0.2, 0) is 24.3 Å².